The number of phenols is 1. The molecule has 0 fully saturated rings. The van der Waals surface area contributed by atoms with Gasteiger partial charge in [-0.05, 0) is 59.0 Å². The Bertz CT molecular complexity index is 733. The second kappa shape index (κ2) is 6.44. The first-order chi connectivity index (χ1) is 9.88. The maximum absolute atomic E-state index is 12.2. The fraction of sp³-hybridized carbons (Fsp3) is 0. The number of carboxylic acids is 1. The standard InChI is InChI=1S/C14H9BrINO4/c15-7-1-4-12(18)10(5-7)13(19)17-11-3-2-8(16)6-9(11)14(20)21/h1-6,18H,(H,17,19)(H,20,21). The van der Waals surface area contributed by atoms with Crippen molar-refractivity contribution in [1.29, 1.82) is 0 Å². The summed E-state index contributed by atoms with van der Waals surface area (Å²) in [6.45, 7) is 0. The molecule has 0 unspecified atom stereocenters. The minimum absolute atomic E-state index is 0.00950. The smallest absolute Gasteiger partial charge is 0.337 e. The summed E-state index contributed by atoms with van der Waals surface area (Å²) in [5.74, 6) is -1.90. The third kappa shape index (κ3) is 3.73. The zero-order valence-corrected chi connectivity index (χ0v) is 14.2. The van der Waals surface area contributed by atoms with E-state index in [4.69, 9.17) is 5.11 Å². The van der Waals surface area contributed by atoms with Crippen LogP contribution in [0.5, 0.6) is 5.75 Å². The van der Waals surface area contributed by atoms with Gasteiger partial charge >= 0.3 is 5.97 Å². The van der Waals surface area contributed by atoms with Crippen LogP contribution in [0.3, 0.4) is 0 Å². The van der Waals surface area contributed by atoms with Crippen molar-refractivity contribution in [2.45, 2.75) is 0 Å². The number of anilines is 1. The van der Waals surface area contributed by atoms with Gasteiger partial charge in [0.25, 0.3) is 5.91 Å². The molecule has 0 radical (unpaired) electrons. The molecule has 0 aliphatic heterocycles. The molecule has 0 bridgehead atoms. The lowest BCUT2D eigenvalue weighted by Crippen LogP contribution is -2.15. The molecule has 108 valence electrons. The van der Waals surface area contributed by atoms with Crippen LogP contribution in [-0.2, 0) is 0 Å². The molecule has 2 aromatic carbocycles. The fourth-order valence-corrected chi connectivity index (χ4v) is 2.53. The molecule has 1 amide bonds. The van der Waals surface area contributed by atoms with Gasteiger partial charge in [-0.15, -0.1) is 0 Å². The van der Waals surface area contributed by atoms with Crippen molar-refractivity contribution in [1.82, 2.24) is 0 Å². The number of nitrogens with one attached hydrogen (secondary N) is 1. The minimum atomic E-state index is -1.14. The predicted molar refractivity (Wildman–Crippen MR) is 89.9 cm³/mol. The lowest BCUT2D eigenvalue weighted by atomic mass is 10.1. The van der Waals surface area contributed by atoms with Crippen LogP contribution >= 0.6 is 38.5 Å². The number of rotatable bonds is 3. The average molecular weight is 462 g/mol. The average Bonchev–Trinajstić information content (AvgIpc) is 2.43. The van der Waals surface area contributed by atoms with Gasteiger partial charge in [0.15, 0.2) is 0 Å². The van der Waals surface area contributed by atoms with E-state index < -0.39 is 11.9 Å². The van der Waals surface area contributed by atoms with Crippen molar-refractivity contribution >= 4 is 56.1 Å². The highest BCUT2D eigenvalue weighted by atomic mass is 127. The molecule has 0 atom stereocenters. The van der Waals surface area contributed by atoms with Crippen LogP contribution in [0.15, 0.2) is 40.9 Å². The van der Waals surface area contributed by atoms with Gasteiger partial charge < -0.3 is 15.5 Å². The van der Waals surface area contributed by atoms with E-state index in [2.05, 4.69) is 21.2 Å². The van der Waals surface area contributed by atoms with Gasteiger partial charge in [-0.2, -0.15) is 0 Å². The van der Waals surface area contributed by atoms with E-state index in [9.17, 15) is 14.7 Å². The fourth-order valence-electron chi connectivity index (χ4n) is 1.68. The van der Waals surface area contributed by atoms with Gasteiger partial charge in [-0.3, -0.25) is 4.79 Å². The van der Waals surface area contributed by atoms with Crippen LogP contribution in [0.4, 0.5) is 5.69 Å². The van der Waals surface area contributed by atoms with Crippen LogP contribution in [-0.4, -0.2) is 22.1 Å². The number of amides is 1. The van der Waals surface area contributed by atoms with Crippen LogP contribution in [0.2, 0.25) is 0 Å². The van der Waals surface area contributed by atoms with Crippen molar-refractivity contribution in [3.05, 3.63) is 55.6 Å². The van der Waals surface area contributed by atoms with Crippen LogP contribution in [0.25, 0.3) is 0 Å². The molecule has 0 heterocycles. The molecule has 0 aliphatic rings. The molecule has 3 N–H and O–H groups in total. The number of hydrogen-bond donors (Lipinski definition) is 3. The van der Waals surface area contributed by atoms with Crippen molar-refractivity contribution in [2.24, 2.45) is 0 Å². The maximum atomic E-state index is 12.2. The normalized spacial score (nSPS) is 10.2. The molecular formula is C14H9BrINO4. The van der Waals surface area contributed by atoms with Gasteiger partial charge in [-0.1, -0.05) is 15.9 Å². The highest BCUT2D eigenvalue weighted by Crippen LogP contribution is 2.24. The molecule has 0 saturated carbocycles. The molecular weight excluding hydrogens is 453 g/mol. The predicted octanol–water partition coefficient (Wildman–Crippen LogP) is 3.71. The molecule has 2 rings (SSSR count). The Morgan fingerprint density at radius 3 is 2.48 bits per heavy atom. The number of aromatic hydroxyl groups is 1. The molecule has 5 nitrogen and oxygen atoms in total. The highest BCUT2D eigenvalue weighted by Gasteiger charge is 2.16. The van der Waals surface area contributed by atoms with Crippen molar-refractivity contribution in [3.63, 3.8) is 0 Å². The van der Waals surface area contributed by atoms with E-state index in [0.29, 0.717) is 4.47 Å². The largest absolute Gasteiger partial charge is 0.507 e. The molecule has 0 aliphatic carbocycles. The van der Waals surface area contributed by atoms with Crippen molar-refractivity contribution in [3.8, 4) is 5.75 Å². The number of hydrogen-bond acceptors (Lipinski definition) is 3. The molecule has 0 aromatic heterocycles. The summed E-state index contributed by atoms with van der Waals surface area (Å²) in [5, 5.41) is 21.4. The monoisotopic (exact) mass is 461 g/mol. The summed E-state index contributed by atoms with van der Waals surface area (Å²) in [6, 6.07) is 9.09. The Hall–Kier alpha value is -1.61. The van der Waals surface area contributed by atoms with E-state index in [0.717, 1.165) is 3.57 Å². The molecule has 0 saturated heterocycles. The Morgan fingerprint density at radius 1 is 1.10 bits per heavy atom. The number of halogens is 2. The van der Waals surface area contributed by atoms with Gasteiger partial charge in [0, 0.05) is 8.04 Å². The van der Waals surface area contributed by atoms with Gasteiger partial charge in [0.2, 0.25) is 0 Å². The Balaban J connectivity index is 2.36. The van der Waals surface area contributed by atoms with Gasteiger partial charge in [0.05, 0.1) is 16.8 Å². The quantitative estimate of drug-likeness (QED) is 0.608. The number of benzene rings is 2. The Kier molecular flexibility index (Phi) is 4.84. The summed E-state index contributed by atoms with van der Waals surface area (Å²) < 4.78 is 1.37. The molecule has 7 heteroatoms. The van der Waals surface area contributed by atoms with Crippen LogP contribution in [0, 0.1) is 3.57 Å². The SMILES string of the molecule is O=C(Nc1ccc(I)cc1C(=O)O)c1cc(Br)ccc1O. The van der Waals surface area contributed by atoms with Gasteiger partial charge in [0.1, 0.15) is 5.75 Å². The number of carbonyl (C=O) groups is 2. The minimum Gasteiger partial charge on any atom is -0.507 e. The first kappa shape index (κ1) is 15.8. The van der Waals surface area contributed by atoms with Gasteiger partial charge in [-0.25, -0.2) is 4.79 Å². The number of aromatic carboxylic acids is 1. The topological polar surface area (TPSA) is 86.6 Å². The maximum Gasteiger partial charge on any atom is 0.337 e. The molecule has 2 aromatic rings. The Labute approximate surface area is 142 Å². The third-order valence-corrected chi connectivity index (χ3v) is 3.83. The summed E-state index contributed by atoms with van der Waals surface area (Å²) >= 11 is 5.20. The number of phenolic OH excluding ortho intramolecular Hbond substituents is 1. The first-order valence-corrected chi connectivity index (χ1v) is 7.58. The zero-order chi connectivity index (χ0) is 15.6. The van der Waals surface area contributed by atoms with E-state index >= 15 is 0 Å². The summed E-state index contributed by atoms with van der Waals surface area (Å²) in [7, 11) is 0. The zero-order valence-electron chi connectivity index (χ0n) is 10.4. The van der Waals surface area contributed by atoms with E-state index in [1.807, 2.05) is 22.6 Å². The van der Waals surface area contributed by atoms with E-state index in [-0.39, 0.29) is 22.6 Å². The Morgan fingerprint density at radius 2 is 1.81 bits per heavy atom. The first-order valence-electron chi connectivity index (χ1n) is 5.71. The molecule has 21 heavy (non-hydrogen) atoms. The van der Waals surface area contributed by atoms with Crippen molar-refractivity contribution in [2.75, 3.05) is 5.32 Å². The van der Waals surface area contributed by atoms with Crippen molar-refractivity contribution < 1.29 is 19.8 Å². The van der Waals surface area contributed by atoms with Crippen LogP contribution < -0.4 is 5.32 Å². The van der Waals surface area contributed by atoms with E-state index in [1.54, 1.807) is 12.1 Å². The third-order valence-electron chi connectivity index (χ3n) is 2.66. The second-order valence-electron chi connectivity index (χ2n) is 4.11. The summed E-state index contributed by atoms with van der Waals surface area (Å²) in [6.07, 6.45) is 0. The number of carboxylic acid groups (broad SMARTS) is 1. The highest BCUT2D eigenvalue weighted by molar-refractivity contribution is 14.1. The second-order valence-corrected chi connectivity index (χ2v) is 6.27. The number of carbonyl (C=O) groups excluding carboxylic acids is 1. The van der Waals surface area contributed by atoms with E-state index in [1.165, 1.54) is 24.3 Å². The lowest BCUT2D eigenvalue weighted by molar-refractivity contribution is 0.0698. The lowest BCUT2D eigenvalue weighted by Gasteiger charge is -2.10. The summed E-state index contributed by atoms with van der Waals surface area (Å²) in [4.78, 5) is 23.4. The van der Waals surface area contributed by atoms with Crippen LogP contribution in [0.1, 0.15) is 20.7 Å². The molecule has 0 spiro atoms. The summed E-state index contributed by atoms with van der Waals surface area (Å²) in [5.41, 5.74) is 0.219.